The number of hydrogen-bond donors (Lipinski definition) is 1. The van der Waals surface area contributed by atoms with E-state index in [0.29, 0.717) is 5.92 Å². The van der Waals surface area contributed by atoms with Crippen LogP contribution in [0.3, 0.4) is 0 Å². The Balaban J connectivity index is 1.75. The molecule has 2 heterocycles. The first kappa shape index (κ1) is 13.6. The molecule has 0 spiro atoms. The molecule has 3 rings (SSSR count). The molecule has 5 heteroatoms. The van der Waals surface area contributed by atoms with Gasteiger partial charge in [-0.25, -0.2) is 4.68 Å². The first-order chi connectivity index (χ1) is 9.84. The Labute approximate surface area is 123 Å². The van der Waals surface area contributed by atoms with Gasteiger partial charge in [-0.05, 0) is 48.8 Å². The molecule has 1 aromatic carbocycles. The van der Waals surface area contributed by atoms with E-state index in [4.69, 9.17) is 0 Å². The molecular weight excluding hydrogens is 270 g/mol. The van der Waals surface area contributed by atoms with Crippen molar-refractivity contribution in [3.8, 4) is 5.69 Å². The number of aliphatic hydroxyl groups is 1. The molecular formula is C15H19N3OS. The molecule has 106 valence electrons. The van der Waals surface area contributed by atoms with Crippen molar-refractivity contribution in [1.29, 1.82) is 0 Å². The van der Waals surface area contributed by atoms with Crippen LogP contribution in [-0.4, -0.2) is 31.6 Å². The van der Waals surface area contributed by atoms with E-state index in [0.717, 1.165) is 17.8 Å². The van der Waals surface area contributed by atoms with Gasteiger partial charge in [0.15, 0.2) is 0 Å². The van der Waals surface area contributed by atoms with E-state index in [1.165, 1.54) is 24.3 Å². The predicted molar refractivity (Wildman–Crippen MR) is 81.0 cm³/mol. The maximum absolute atomic E-state index is 10.5. The minimum absolute atomic E-state index is 0.488. The normalized spacial score (nSPS) is 18.1. The third-order valence-electron chi connectivity index (χ3n) is 3.82. The largest absolute Gasteiger partial charge is 0.387 e. The molecule has 4 nitrogen and oxygen atoms in total. The van der Waals surface area contributed by atoms with Gasteiger partial charge in [0.05, 0.1) is 23.7 Å². The van der Waals surface area contributed by atoms with Crippen LogP contribution >= 0.6 is 11.8 Å². The number of hydrogen-bond acceptors (Lipinski definition) is 4. The molecule has 0 bridgehead atoms. The number of aromatic nitrogens is 3. The number of benzene rings is 1. The van der Waals surface area contributed by atoms with Crippen molar-refractivity contribution in [2.45, 2.75) is 25.4 Å². The third kappa shape index (κ3) is 3.04. The van der Waals surface area contributed by atoms with Crippen LogP contribution in [0.25, 0.3) is 5.69 Å². The van der Waals surface area contributed by atoms with Crippen molar-refractivity contribution >= 4 is 11.8 Å². The number of aliphatic hydroxyl groups excluding tert-OH is 1. The average molecular weight is 289 g/mol. The van der Waals surface area contributed by atoms with Gasteiger partial charge in [0.25, 0.3) is 0 Å². The van der Waals surface area contributed by atoms with Crippen LogP contribution in [0, 0.1) is 5.92 Å². The Bertz CT molecular complexity index is 537. The lowest BCUT2D eigenvalue weighted by Gasteiger charge is -2.23. The van der Waals surface area contributed by atoms with Crippen LogP contribution in [0.4, 0.5) is 0 Å². The SMILES string of the molecule is OC(CC1CCSCC1)c1cnnn1-c1ccccc1. The predicted octanol–water partition coefficient (Wildman–Crippen LogP) is 2.83. The van der Waals surface area contributed by atoms with E-state index in [9.17, 15) is 5.11 Å². The van der Waals surface area contributed by atoms with Crippen molar-refractivity contribution in [3.63, 3.8) is 0 Å². The zero-order valence-corrected chi connectivity index (χ0v) is 12.2. The summed E-state index contributed by atoms with van der Waals surface area (Å²) in [6.45, 7) is 0. The topological polar surface area (TPSA) is 50.9 Å². The van der Waals surface area contributed by atoms with Gasteiger partial charge in [-0.15, -0.1) is 5.10 Å². The Kier molecular flexibility index (Phi) is 4.38. The van der Waals surface area contributed by atoms with E-state index in [-0.39, 0.29) is 0 Å². The van der Waals surface area contributed by atoms with Crippen molar-refractivity contribution in [2.75, 3.05) is 11.5 Å². The van der Waals surface area contributed by atoms with E-state index in [2.05, 4.69) is 10.3 Å². The van der Waals surface area contributed by atoms with E-state index >= 15 is 0 Å². The first-order valence-corrected chi connectivity index (χ1v) is 8.22. The third-order valence-corrected chi connectivity index (χ3v) is 4.86. The van der Waals surface area contributed by atoms with Gasteiger partial charge in [0.1, 0.15) is 0 Å². The minimum Gasteiger partial charge on any atom is -0.387 e. The molecule has 1 N–H and O–H groups in total. The molecule has 2 aromatic rings. The number of rotatable bonds is 4. The van der Waals surface area contributed by atoms with Gasteiger partial charge < -0.3 is 5.11 Å². The molecule has 0 saturated carbocycles. The zero-order chi connectivity index (χ0) is 13.8. The summed E-state index contributed by atoms with van der Waals surface area (Å²) in [6.07, 6.45) is 4.40. The first-order valence-electron chi connectivity index (χ1n) is 7.06. The molecule has 1 unspecified atom stereocenters. The molecule has 0 aliphatic carbocycles. The molecule has 1 aliphatic heterocycles. The van der Waals surface area contributed by atoms with Crippen LogP contribution in [0.15, 0.2) is 36.5 Å². The van der Waals surface area contributed by atoms with Crippen molar-refractivity contribution in [1.82, 2.24) is 15.0 Å². The smallest absolute Gasteiger partial charge is 0.0980 e. The lowest BCUT2D eigenvalue weighted by atomic mass is 9.94. The number of nitrogens with zero attached hydrogens (tertiary/aromatic N) is 3. The van der Waals surface area contributed by atoms with Crippen LogP contribution in [0.1, 0.15) is 31.1 Å². The summed E-state index contributed by atoms with van der Waals surface area (Å²) in [4.78, 5) is 0. The lowest BCUT2D eigenvalue weighted by molar-refractivity contribution is 0.134. The van der Waals surface area contributed by atoms with Crippen molar-refractivity contribution in [3.05, 3.63) is 42.2 Å². The summed E-state index contributed by atoms with van der Waals surface area (Å²) in [5, 5.41) is 18.6. The molecule has 1 atom stereocenters. The summed E-state index contributed by atoms with van der Waals surface area (Å²) >= 11 is 2.01. The van der Waals surface area contributed by atoms with Gasteiger partial charge in [0.2, 0.25) is 0 Å². The lowest BCUT2D eigenvalue weighted by Crippen LogP contribution is -2.15. The Morgan fingerprint density at radius 3 is 2.75 bits per heavy atom. The van der Waals surface area contributed by atoms with E-state index in [1.807, 2.05) is 42.1 Å². The highest BCUT2D eigenvalue weighted by molar-refractivity contribution is 7.99. The van der Waals surface area contributed by atoms with Gasteiger partial charge in [0, 0.05) is 0 Å². The second-order valence-corrected chi connectivity index (χ2v) is 6.44. The standard InChI is InChI=1S/C15H19N3OS/c19-15(10-12-6-8-20-9-7-12)14-11-16-17-18(14)13-4-2-1-3-5-13/h1-5,11-12,15,19H,6-10H2. The van der Waals surface area contributed by atoms with Gasteiger partial charge in [-0.1, -0.05) is 23.4 Å². The van der Waals surface area contributed by atoms with Crippen LogP contribution in [0.2, 0.25) is 0 Å². The van der Waals surface area contributed by atoms with Gasteiger partial charge in [-0.2, -0.15) is 11.8 Å². The maximum Gasteiger partial charge on any atom is 0.0980 e. The summed E-state index contributed by atoms with van der Waals surface area (Å²) < 4.78 is 1.74. The monoisotopic (exact) mass is 289 g/mol. The second-order valence-electron chi connectivity index (χ2n) is 5.21. The van der Waals surface area contributed by atoms with Crippen LogP contribution < -0.4 is 0 Å². The highest BCUT2D eigenvalue weighted by atomic mass is 32.2. The molecule has 20 heavy (non-hydrogen) atoms. The molecule has 1 aliphatic rings. The van der Waals surface area contributed by atoms with Crippen LogP contribution in [0.5, 0.6) is 0 Å². The fourth-order valence-corrected chi connectivity index (χ4v) is 3.86. The van der Waals surface area contributed by atoms with E-state index in [1.54, 1.807) is 10.9 Å². The maximum atomic E-state index is 10.5. The van der Waals surface area contributed by atoms with Gasteiger partial charge in [-0.3, -0.25) is 0 Å². The highest BCUT2D eigenvalue weighted by Gasteiger charge is 2.22. The molecule has 1 saturated heterocycles. The van der Waals surface area contributed by atoms with Crippen molar-refractivity contribution in [2.24, 2.45) is 5.92 Å². The molecule has 0 radical (unpaired) electrons. The Morgan fingerprint density at radius 1 is 1.25 bits per heavy atom. The highest BCUT2D eigenvalue weighted by Crippen LogP contribution is 2.31. The summed E-state index contributed by atoms with van der Waals surface area (Å²) in [5.41, 5.74) is 1.73. The molecule has 1 fully saturated rings. The van der Waals surface area contributed by atoms with E-state index < -0.39 is 6.10 Å². The van der Waals surface area contributed by atoms with Crippen LogP contribution in [-0.2, 0) is 0 Å². The summed E-state index contributed by atoms with van der Waals surface area (Å²) in [6, 6.07) is 9.84. The average Bonchev–Trinajstić information content (AvgIpc) is 2.99. The Morgan fingerprint density at radius 2 is 2.00 bits per heavy atom. The van der Waals surface area contributed by atoms with Gasteiger partial charge >= 0.3 is 0 Å². The Hall–Kier alpha value is -1.33. The fourth-order valence-electron chi connectivity index (χ4n) is 2.66. The quantitative estimate of drug-likeness (QED) is 0.940. The number of thioether (sulfide) groups is 1. The fraction of sp³-hybridized carbons (Fsp3) is 0.467. The molecule has 0 amide bonds. The zero-order valence-electron chi connectivity index (χ0n) is 11.4. The minimum atomic E-state index is -0.488. The number of para-hydroxylation sites is 1. The van der Waals surface area contributed by atoms with Crippen molar-refractivity contribution < 1.29 is 5.11 Å². The summed E-state index contributed by atoms with van der Waals surface area (Å²) in [7, 11) is 0. The molecule has 1 aromatic heterocycles. The summed E-state index contributed by atoms with van der Waals surface area (Å²) in [5.74, 6) is 3.05. The second kappa shape index (κ2) is 6.41.